The number of carbonyl (C=O) groups excluding carboxylic acids is 3. The van der Waals surface area contributed by atoms with E-state index in [0.717, 1.165) is 43.5 Å². The SMILES string of the molecule is O=C1NC2C=CC(NC(=O)c3csc(N4CCN(C(=O)OCc5ccc(CN6CCOCC6)cc5)CC4)n3)=CC2O1. The molecule has 0 radical (unpaired) electrons. The molecule has 2 N–H and O–H groups in total. The molecule has 4 heterocycles. The van der Waals surface area contributed by atoms with Crippen molar-refractivity contribution in [2.45, 2.75) is 25.3 Å². The lowest BCUT2D eigenvalue weighted by atomic mass is 10.0. The van der Waals surface area contributed by atoms with Gasteiger partial charge in [0.15, 0.2) is 5.13 Å². The number of carbonyl (C=O) groups is 3. The summed E-state index contributed by atoms with van der Waals surface area (Å²) in [7, 11) is 0. The highest BCUT2D eigenvalue weighted by Gasteiger charge is 2.33. The highest BCUT2D eigenvalue weighted by atomic mass is 32.1. The molecule has 2 aromatic rings. The second-order valence-electron chi connectivity index (χ2n) is 10.2. The van der Waals surface area contributed by atoms with Crippen LogP contribution in [-0.2, 0) is 27.4 Å². The monoisotopic (exact) mass is 580 g/mol. The Kier molecular flexibility index (Phi) is 8.16. The fourth-order valence-electron chi connectivity index (χ4n) is 5.05. The van der Waals surface area contributed by atoms with Crippen LogP contribution in [0.25, 0.3) is 0 Å². The van der Waals surface area contributed by atoms with Crippen molar-refractivity contribution in [3.63, 3.8) is 0 Å². The van der Waals surface area contributed by atoms with E-state index in [4.69, 9.17) is 14.2 Å². The zero-order valence-corrected chi connectivity index (χ0v) is 23.3. The lowest BCUT2D eigenvalue weighted by molar-refractivity contribution is 0.0342. The van der Waals surface area contributed by atoms with Gasteiger partial charge >= 0.3 is 12.2 Å². The van der Waals surface area contributed by atoms with Crippen molar-refractivity contribution in [2.24, 2.45) is 0 Å². The van der Waals surface area contributed by atoms with E-state index in [-0.39, 0.29) is 24.6 Å². The van der Waals surface area contributed by atoms with Gasteiger partial charge in [0.2, 0.25) is 0 Å². The number of thiazole rings is 1. The first kappa shape index (κ1) is 27.2. The van der Waals surface area contributed by atoms with E-state index < -0.39 is 12.2 Å². The lowest BCUT2D eigenvalue weighted by Gasteiger charge is -2.33. The third kappa shape index (κ3) is 6.69. The number of benzene rings is 1. The second-order valence-corrected chi connectivity index (χ2v) is 11.1. The van der Waals surface area contributed by atoms with E-state index in [1.165, 1.54) is 16.9 Å². The average molecular weight is 581 g/mol. The van der Waals surface area contributed by atoms with Gasteiger partial charge in [0, 0.05) is 56.9 Å². The number of rotatable bonds is 7. The largest absolute Gasteiger partial charge is 0.445 e. The van der Waals surface area contributed by atoms with Gasteiger partial charge in [0.05, 0.1) is 19.3 Å². The fourth-order valence-corrected chi connectivity index (χ4v) is 5.91. The fraction of sp³-hybridized carbons (Fsp3) is 0.429. The molecule has 1 aromatic carbocycles. The molecule has 13 heteroatoms. The zero-order chi connectivity index (χ0) is 28.2. The van der Waals surface area contributed by atoms with Crippen molar-refractivity contribution < 1.29 is 28.6 Å². The molecule has 216 valence electrons. The zero-order valence-electron chi connectivity index (χ0n) is 22.5. The number of nitrogens with one attached hydrogen (secondary N) is 2. The third-order valence-corrected chi connectivity index (χ3v) is 8.30. The van der Waals surface area contributed by atoms with Crippen molar-refractivity contribution in [3.8, 4) is 0 Å². The van der Waals surface area contributed by atoms with Crippen LogP contribution < -0.4 is 15.5 Å². The summed E-state index contributed by atoms with van der Waals surface area (Å²) < 4.78 is 16.1. The number of aromatic nitrogens is 1. The number of anilines is 1. The topological polar surface area (TPSA) is 126 Å². The molecule has 1 aromatic heterocycles. The van der Waals surface area contributed by atoms with Crippen LogP contribution in [0.1, 0.15) is 21.6 Å². The number of piperazine rings is 1. The van der Waals surface area contributed by atoms with Crippen LogP contribution in [0, 0.1) is 0 Å². The number of ether oxygens (including phenoxy) is 3. The molecular formula is C28H32N6O6S. The van der Waals surface area contributed by atoms with Crippen molar-refractivity contribution >= 4 is 34.6 Å². The normalized spacial score (nSPS) is 22.4. The molecule has 12 nitrogen and oxygen atoms in total. The Bertz CT molecular complexity index is 1330. The summed E-state index contributed by atoms with van der Waals surface area (Å²) in [5, 5.41) is 7.93. The Labute approximate surface area is 241 Å². The van der Waals surface area contributed by atoms with Crippen LogP contribution >= 0.6 is 11.3 Å². The Balaban J connectivity index is 0.936. The Hall–Kier alpha value is -3.94. The van der Waals surface area contributed by atoms with Crippen molar-refractivity contribution in [1.29, 1.82) is 0 Å². The summed E-state index contributed by atoms with van der Waals surface area (Å²) in [4.78, 5) is 47.4. The van der Waals surface area contributed by atoms with Gasteiger partial charge in [0.25, 0.3) is 5.91 Å². The van der Waals surface area contributed by atoms with E-state index in [0.29, 0.717) is 37.6 Å². The van der Waals surface area contributed by atoms with Crippen molar-refractivity contribution in [2.75, 3.05) is 57.4 Å². The molecule has 6 rings (SSSR count). The molecule has 1 aliphatic carbocycles. The Morgan fingerprint density at radius 1 is 1.07 bits per heavy atom. The van der Waals surface area contributed by atoms with E-state index in [1.807, 2.05) is 12.1 Å². The first-order valence-corrected chi connectivity index (χ1v) is 14.6. The average Bonchev–Trinajstić information content (AvgIpc) is 3.64. The van der Waals surface area contributed by atoms with Gasteiger partial charge < -0.3 is 34.6 Å². The summed E-state index contributed by atoms with van der Waals surface area (Å²) in [6.45, 7) is 6.77. The number of alkyl carbamates (subject to hydrolysis) is 1. The molecule has 0 bridgehead atoms. The van der Waals surface area contributed by atoms with Crippen LogP contribution in [0.15, 0.2) is 53.6 Å². The number of amides is 3. The molecule has 3 amide bonds. The number of nitrogens with zero attached hydrogens (tertiary/aromatic N) is 4. The minimum Gasteiger partial charge on any atom is -0.445 e. The van der Waals surface area contributed by atoms with Crippen LogP contribution in [0.5, 0.6) is 0 Å². The quantitative estimate of drug-likeness (QED) is 0.507. The van der Waals surface area contributed by atoms with Gasteiger partial charge in [-0.25, -0.2) is 14.6 Å². The Morgan fingerprint density at radius 3 is 2.61 bits per heavy atom. The first-order valence-electron chi connectivity index (χ1n) is 13.7. The van der Waals surface area contributed by atoms with Crippen molar-refractivity contribution in [1.82, 2.24) is 25.4 Å². The summed E-state index contributed by atoms with van der Waals surface area (Å²) in [6.07, 6.45) is 3.97. The van der Waals surface area contributed by atoms with Crippen molar-refractivity contribution in [3.05, 3.63) is 70.4 Å². The molecule has 4 aliphatic rings. The standard InChI is InChI=1S/C28H32N6O6S/c35-25(29-21-5-6-22-24(15-21)40-27(36)31-22)23-18-41-26(30-23)33-7-9-34(10-8-33)28(37)39-17-20-3-1-19(2-4-20)16-32-11-13-38-14-12-32/h1-6,15,18,22,24H,7-14,16-17H2,(H,29,35)(H,31,36). The second kappa shape index (κ2) is 12.3. The molecule has 0 spiro atoms. The minimum atomic E-state index is -0.476. The minimum absolute atomic E-state index is 0.220. The summed E-state index contributed by atoms with van der Waals surface area (Å²) in [5.74, 6) is -0.338. The maximum absolute atomic E-state index is 12.7. The molecule has 3 aliphatic heterocycles. The molecular weight excluding hydrogens is 548 g/mol. The number of fused-ring (bicyclic) bond motifs is 1. The molecule has 41 heavy (non-hydrogen) atoms. The predicted molar refractivity (Wildman–Crippen MR) is 151 cm³/mol. The number of hydrogen-bond donors (Lipinski definition) is 2. The van der Waals surface area contributed by atoms with E-state index in [1.54, 1.807) is 28.5 Å². The van der Waals surface area contributed by atoms with Gasteiger partial charge in [-0.15, -0.1) is 11.3 Å². The van der Waals surface area contributed by atoms with Gasteiger partial charge in [-0.1, -0.05) is 30.3 Å². The molecule has 3 fully saturated rings. The van der Waals surface area contributed by atoms with Crippen LogP contribution in [0.3, 0.4) is 0 Å². The summed E-state index contributed by atoms with van der Waals surface area (Å²) in [5.41, 5.74) is 3.05. The van der Waals surface area contributed by atoms with Gasteiger partial charge in [-0.05, 0) is 23.3 Å². The number of morpholine rings is 1. The number of hydrogen-bond acceptors (Lipinski definition) is 10. The highest BCUT2D eigenvalue weighted by molar-refractivity contribution is 7.13. The Morgan fingerprint density at radius 2 is 1.83 bits per heavy atom. The van der Waals surface area contributed by atoms with Crippen LogP contribution in [0.2, 0.25) is 0 Å². The summed E-state index contributed by atoms with van der Waals surface area (Å²) >= 11 is 1.38. The van der Waals surface area contributed by atoms with E-state index in [9.17, 15) is 14.4 Å². The van der Waals surface area contributed by atoms with E-state index >= 15 is 0 Å². The number of allylic oxidation sites excluding steroid dienone is 1. The van der Waals surface area contributed by atoms with E-state index in [2.05, 4.69) is 37.6 Å². The van der Waals surface area contributed by atoms with Crippen LogP contribution in [0.4, 0.5) is 14.7 Å². The first-order chi connectivity index (χ1) is 20.0. The molecule has 0 saturated carbocycles. The predicted octanol–water partition coefficient (Wildman–Crippen LogP) is 2.09. The van der Waals surface area contributed by atoms with Gasteiger partial charge in [-0.2, -0.15) is 0 Å². The smallest absolute Gasteiger partial charge is 0.410 e. The molecule has 2 unspecified atom stereocenters. The highest BCUT2D eigenvalue weighted by Crippen LogP contribution is 2.23. The van der Waals surface area contributed by atoms with Crippen LogP contribution in [-0.4, -0.2) is 97.5 Å². The lowest BCUT2D eigenvalue weighted by Crippen LogP contribution is -2.49. The molecule has 2 atom stereocenters. The third-order valence-electron chi connectivity index (χ3n) is 7.39. The maximum Gasteiger partial charge on any atom is 0.410 e. The van der Waals surface area contributed by atoms with Gasteiger partial charge in [0.1, 0.15) is 18.4 Å². The summed E-state index contributed by atoms with van der Waals surface area (Å²) in [6, 6.07) is 7.97. The molecule has 3 saturated heterocycles. The van der Waals surface area contributed by atoms with Gasteiger partial charge in [-0.3, -0.25) is 9.69 Å². The maximum atomic E-state index is 12.7.